The van der Waals surface area contributed by atoms with Crippen LogP contribution in [0.4, 0.5) is 20.2 Å². The van der Waals surface area contributed by atoms with Crippen LogP contribution in [0, 0.1) is 21.7 Å². The van der Waals surface area contributed by atoms with Crippen molar-refractivity contribution in [2.75, 3.05) is 38.2 Å². The lowest BCUT2D eigenvalue weighted by atomic mass is 10.0. The Labute approximate surface area is 149 Å². The van der Waals surface area contributed by atoms with Crippen molar-refractivity contribution < 1.29 is 18.4 Å². The molecule has 1 aliphatic heterocycles. The second kappa shape index (κ2) is 8.20. The Morgan fingerprint density at radius 3 is 2.42 bits per heavy atom. The molecule has 0 aromatic heterocycles. The van der Waals surface area contributed by atoms with Crippen LogP contribution in [0.2, 0.25) is 0 Å². The van der Waals surface area contributed by atoms with Crippen LogP contribution in [-0.4, -0.2) is 42.7 Å². The van der Waals surface area contributed by atoms with Crippen LogP contribution in [0.25, 0.3) is 0 Å². The Kier molecular flexibility index (Phi) is 5.75. The van der Waals surface area contributed by atoms with Gasteiger partial charge in [-0.25, -0.2) is 8.78 Å². The van der Waals surface area contributed by atoms with Gasteiger partial charge in [0.15, 0.2) is 0 Å². The number of halogens is 2. The van der Waals surface area contributed by atoms with E-state index in [1.165, 1.54) is 12.1 Å². The summed E-state index contributed by atoms with van der Waals surface area (Å²) in [7, 11) is 0. The quantitative estimate of drug-likeness (QED) is 0.630. The third-order valence-electron chi connectivity index (χ3n) is 4.38. The fourth-order valence-electron chi connectivity index (χ4n) is 3.05. The van der Waals surface area contributed by atoms with Gasteiger partial charge in [-0.1, -0.05) is 12.1 Å². The van der Waals surface area contributed by atoms with Gasteiger partial charge in [-0.2, -0.15) is 0 Å². The standard InChI is InChI=1S/C18H19F2N3O3/c19-14-3-1-13(2-4-14)18(22-7-9-26-10-8-22)12-21-16-11-15(20)5-6-17(16)23(24)25/h1-6,11,18,21H,7-10,12H2. The van der Waals surface area contributed by atoms with E-state index in [-0.39, 0.29) is 23.2 Å². The third kappa shape index (κ3) is 4.33. The van der Waals surface area contributed by atoms with Crippen LogP contribution in [0.15, 0.2) is 42.5 Å². The predicted molar refractivity (Wildman–Crippen MR) is 93.1 cm³/mol. The monoisotopic (exact) mass is 363 g/mol. The number of hydrogen-bond donors (Lipinski definition) is 1. The summed E-state index contributed by atoms with van der Waals surface area (Å²) < 4.78 is 32.2. The highest BCUT2D eigenvalue weighted by molar-refractivity contribution is 5.61. The molecule has 1 heterocycles. The van der Waals surface area contributed by atoms with Gasteiger partial charge in [0.2, 0.25) is 0 Å². The Bertz CT molecular complexity index is 765. The normalized spacial score (nSPS) is 16.2. The van der Waals surface area contributed by atoms with E-state index in [9.17, 15) is 18.9 Å². The minimum absolute atomic E-state index is 0.121. The molecule has 1 fully saturated rings. The van der Waals surface area contributed by atoms with E-state index in [0.717, 1.165) is 23.8 Å². The molecule has 1 aliphatic rings. The fourth-order valence-corrected chi connectivity index (χ4v) is 3.05. The van der Waals surface area contributed by atoms with Crippen molar-refractivity contribution in [1.29, 1.82) is 0 Å². The largest absolute Gasteiger partial charge is 0.379 e. The van der Waals surface area contributed by atoms with Crippen LogP contribution in [0.5, 0.6) is 0 Å². The Morgan fingerprint density at radius 2 is 1.77 bits per heavy atom. The van der Waals surface area contributed by atoms with E-state index in [1.54, 1.807) is 12.1 Å². The molecule has 26 heavy (non-hydrogen) atoms. The smallest absolute Gasteiger partial charge is 0.292 e. The molecule has 0 amide bonds. The zero-order chi connectivity index (χ0) is 18.5. The summed E-state index contributed by atoms with van der Waals surface area (Å²) in [6, 6.07) is 9.30. The molecular weight excluding hydrogens is 344 g/mol. The SMILES string of the molecule is O=[N+]([O-])c1ccc(F)cc1NCC(c1ccc(F)cc1)N1CCOCC1. The molecule has 2 aromatic carbocycles. The summed E-state index contributed by atoms with van der Waals surface area (Å²) in [5, 5.41) is 14.1. The number of nitrogens with one attached hydrogen (secondary N) is 1. The molecule has 0 radical (unpaired) electrons. The van der Waals surface area contributed by atoms with Gasteiger partial charge in [0.05, 0.1) is 24.2 Å². The predicted octanol–water partition coefficient (Wildman–Crippen LogP) is 3.36. The van der Waals surface area contributed by atoms with E-state index in [0.29, 0.717) is 32.8 Å². The van der Waals surface area contributed by atoms with E-state index in [2.05, 4.69) is 10.2 Å². The maximum absolute atomic E-state index is 13.5. The maximum atomic E-state index is 13.5. The molecular formula is C18H19F2N3O3. The zero-order valence-corrected chi connectivity index (χ0v) is 14.0. The minimum atomic E-state index is -0.553. The van der Waals surface area contributed by atoms with Gasteiger partial charge in [0.1, 0.15) is 17.3 Å². The summed E-state index contributed by atoms with van der Waals surface area (Å²) in [6.07, 6.45) is 0. The molecule has 1 atom stereocenters. The second-order valence-electron chi connectivity index (χ2n) is 6.02. The van der Waals surface area contributed by atoms with Gasteiger partial charge in [0, 0.05) is 31.8 Å². The van der Waals surface area contributed by atoms with Crippen LogP contribution >= 0.6 is 0 Å². The Hall–Kier alpha value is -2.58. The molecule has 2 aromatic rings. The highest BCUT2D eigenvalue weighted by Crippen LogP contribution is 2.28. The van der Waals surface area contributed by atoms with E-state index in [1.807, 2.05) is 0 Å². The summed E-state index contributed by atoms with van der Waals surface area (Å²) in [5.74, 6) is -0.883. The molecule has 0 aliphatic carbocycles. The fraction of sp³-hybridized carbons (Fsp3) is 0.333. The summed E-state index contributed by atoms with van der Waals surface area (Å²) in [5.41, 5.74) is 0.807. The number of benzene rings is 2. The van der Waals surface area contributed by atoms with Crippen molar-refractivity contribution in [2.45, 2.75) is 6.04 Å². The third-order valence-corrected chi connectivity index (χ3v) is 4.38. The molecule has 1 N–H and O–H groups in total. The van der Waals surface area contributed by atoms with Gasteiger partial charge in [-0.15, -0.1) is 0 Å². The van der Waals surface area contributed by atoms with E-state index >= 15 is 0 Å². The molecule has 1 saturated heterocycles. The van der Waals surface area contributed by atoms with Crippen molar-refractivity contribution in [3.8, 4) is 0 Å². The summed E-state index contributed by atoms with van der Waals surface area (Å²) in [6.45, 7) is 2.86. The van der Waals surface area contributed by atoms with Crippen molar-refractivity contribution in [3.63, 3.8) is 0 Å². The first-order chi connectivity index (χ1) is 12.5. The molecule has 3 rings (SSSR count). The van der Waals surface area contributed by atoms with E-state index in [4.69, 9.17) is 4.74 Å². The first-order valence-corrected chi connectivity index (χ1v) is 8.29. The molecule has 138 valence electrons. The van der Waals surface area contributed by atoms with Gasteiger partial charge >= 0.3 is 0 Å². The second-order valence-corrected chi connectivity index (χ2v) is 6.02. The average Bonchev–Trinajstić information content (AvgIpc) is 2.64. The van der Waals surface area contributed by atoms with Gasteiger partial charge in [-0.05, 0) is 23.8 Å². The van der Waals surface area contributed by atoms with Gasteiger partial charge in [-0.3, -0.25) is 15.0 Å². The summed E-state index contributed by atoms with van der Waals surface area (Å²) >= 11 is 0. The number of hydrogen-bond acceptors (Lipinski definition) is 5. The van der Waals surface area contributed by atoms with E-state index < -0.39 is 10.7 Å². The van der Waals surface area contributed by atoms with Crippen LogP contribution in [0.3, 0.4) is 0 Å². The molecule has 0 saturated carbocycles. The molecule has 0 bridgehead atoms. The lowest BCUT2D eigenvalue weighted by Gasteiger charge is -2.35. The highest BCUT2D eigenvalue weighted by atomic mass is 19.1. The molecule has 0 spiro atoms. The number of nitro groups is 1. The number of ether oxygens (including phenoxy) is 1. The van der Waals surface area contributed by atoms with Crippen LogP contribution < -0.4 is 5.32 Å². The minimum Gasteiger partial charge on any atom is -0.379 e. The number of nitrogens with zero attached hydrogens (tertiary/aromatic N) is 2. The van der Waals surface area contributed by atoms with Crippen LogP contribution in [-0.2, 0) is 4.74 Å². The summed E-state index contributed by atoms with van der Waals surface area (Å²) in [4.78, 5) is 12.8. The number of rotatable bonds is 6. The number of nitro benzene ring substituents is 1. The van der Waals surface area contributed by atoms with Crippen molar-refractivity contribution >= 4 is 11.4 Å². The molecule has 6 nitrogen and oxygen atoms in total. The number of morpholine rings is 1. The Balaban J connectivity index is 1.83. The first-order valence-electron chi connectivity index (χ1n) is 8.29. The van der Waals surface area contributed by atoms with Gasteiger partial charge < -0.3 is 10.1 Å². The molecule has 8 heteroatoms. The average molecular weight is 363 g/mol. The number of anilines is 1. The zero-order valence-electron chi connectivity index (χ0n) is 14.0. The van der Waals surface area contributed by atoms with Crippen LogP contribution in [0.1, 0.15) is 11.6 Å². The lowest BCUT2D eigenvalue weighted by molar-refractivity contribution is -0.384. The Morgan fingerprint density at radius 1 is 1.12 bits per heavy atom. The van der Waals surface area contributed by atoms with Gasteiger partial charge in [0.25, 0.3) is 5.69 Å². The van der Waals surface area contributed by atoms with Crippen molar-refractivity contribution in [3.05, 3.63) is 69.8 Å². The molecule has 1 unspecified atom stereocenters. The topological polar surface area (TPSA) is 67.6 Å². The highest BCUT2D eigenvalue weighted by Gasteiger charge is 2.24. The van der Waals surface area contributed by atoms with Crippen molar-refractivity contribution in [2.24, 2.45) is 0 Å². The lowest BCUT2D eigenvalue weighted by Crippen LogP contribution is -2.41. The first kappa shape index (κ1) is 18.2. The maximum Gasteiger partial charge on any atom is 0.292 e. The van der Waals surface area contributed by atoms with Crippen molar-refractivity contribution in [1.82, 2.24) is 4.90 Å².